The third kappa shape index (κ3) is 6.21. The molecule has 0 aliphatic carbocycles. The van der Waals surface area contributed by atoms with Gasteiger partial charge in [-0.25, -0.2) is 9.97 Å². The van der Waals surface area contributed by atoms with Crippen LogP contribution in [0.2, 0.25) is 0 Å². The Kier molecular flexibility index (Phi) is 7.10. The van der Waals surface area contributed by atoms with Crippen LogP contribution in [-0.4, -0.2) is 64.1 Å². The molecule has 9 heteroatoms. The summed E-state index contributed by atoms with van der Waals surface area (Å²) in [6.45, 7) is 9.60. The maximum atomic E-state index is 12.3. The van der Waals surface area contributed by atoms with Gasteiger partial charge in [-0.05, 0) is 69.9 Å². The highest BCUT2D eigenvalue weighted by Crippen LogP contribution is 2.29. The number of nitrogens with zero attached hydrogens (tertiary/aromatic N) is 5. The van der Waals surface area contributed by atoms with Gasteiger partial charge in [0.15, 0.2) is 10.9 Å². The minimum absolute atomic E-state index is 0.0150. The van der Waals surface area contributed by atoms with Crippen molar-refractivity contribution in [1.29, 1.82) is 0 Å². The molecule has 1 aromatic carbocycles. The number of allylic oxidation sites excluding steroid dienone is 2. The van der Waals surface area contributed by atoms with Crippen LogP contribution in [0.1, 0.15) is 29.9 Å². The Labute approximate surface area is 198 Å². The average molecular weight is 464 g/mol. The topological polar surface area (TPSA) is 90.0 Å². The highest BCUT2D eigenvalue weighted by atomic mass is 32.2. The molecular weight excluding hydrogens is 434 g/mol. The van der Waals surface area contributed by atoms with E-state index in [0.29, 0.717) is 16.5 Å². The summed E-state index contributed by atoms with van der Waals surface area (Å²) in [7, 11) is 2.14. The Hall–Kier alpha value is -3.17. The fraction of sp³-hybridized carbons (Fsp3) is 0.333. The van der Waals surface area contributed by atoms with Gasteiger partial charge in [-0.15, -0.1) is 0 Å². The van der Waals surface area contributed by atoms with Crippen LogP contribution in [0.4, 0.5) is 17.5 Å². The number of anilines is 3. The number of rotatable bonds is 7. The van der Waals surface area contributed by atoms with Crippen molar-refractivity contribution in [2.75, 3.05) is 43.4 Å². The molecule has 1 aliphatic heterocycles. The normalized spacial score (nSPS) is 14.2. The zero-order chi connectivity index (χ0) is 23.4. The Morgan fingerprint density at radius 2 is 1.82 bits per heavy atom. The number of carbonyl (C=O) groups is 1. The average Bonchev–Trinajstić information content (AvgIpc) is 3.18. The van der Waals surface area contributed by atoms with Crippen molar-refractivity contribution in [2.24, 2.45) is 0 Å². The molecular formula is C24H29N7OS. The van der Waals surface area contributed by atoms with Crippen molar-refractivity contribution in [1.82, 2.24) is 25.1 Å². The van der Waals surface area contributed by atoms with Crippen LogP contribution in [0.15, 0.2) is 58.1 Å². The van der Waals surface area contributed by atoms with E-state index in [1.54, 1.807) is 6.08 Å². The molecule has 0 atom stereocenters. The number of piperazine rings is 1. The Morgan fingerprint density at radius 1 is 1.09 bits per heavy atom. The molecule has 4 rings (SSSR count). The summed E-state index contributed by atoms with van der Waals surface area (Å²) in [4.78, 5) is 27.4. The first-order valence-electron chi connectivity index (χ1n) is 10.9. The molecule has 0 saturated carbocycles. The highest BCUT2D eigenvalue weighted by molar-refractivity contribution is 7.99. The van der Waals surface area contributed by atoms with Crippen LogP contribution in [0, 0.1) is 6.92 Å². The number of hydrogen-bond acceptors (Lipinski definition) is 8. The summed E-state index contributed by atoms with van der Waals surface area (Å²) in [6, 6.07) is 11.5. The number of likely N-dealkylation sites (N-methyl/N-ethyl adjacent to an activating group) is 1. The van der Waals surface area contributed by atoms with Crippen molar-refractivity contribution in [3.63, 3.8) is 0 Å². The number of nitrogens with one attached hydrogen (secondary N) is 2. The van der Waals surface area contributed by atoms with E-state index in [9.17, 15) is 4.79 Å². The fourth-order valence-electron chi connectivity index (χ4n) is 3.48. The monoisotopic (exact) mass is 463 g/mol. The molecule has 1 fully saturated rings. The lowest BCUT2D eigenvalue weighted by atomic mass is 10.1. The predicted molar refractivity (Wildman–Crippen MR) is 133 cm³/mol. The Morgan fingerprint density at radius 3 is 2.45 bits per heavy atom. The summed E-state index contributed by atoms with van der Waals surface area (Å²) in [6.07, 6.45) is 1.65. The largest absolute Gasteiger partial charge is 0.354 e. The Balaban J connectivity index is 1.58. The third-order valence-electron chi connectivity index (χ3n) is 5.26. The second-order valence-electron chi connectivity index (χ2n) is 8.44. The van der Waals surface area contributed by atoms with Crippen LogP contribution in [0.25, 0.3) is 0 Å². The van der Waals surface area contributed by atoms with Crippen LogP contribution >= 0.6 is 11.8 Å². The van der Waals surface area contributed by atoms with Gasteiger partial charge in [0.05, 0.1) is 5.69 Å². The summed E-state index contributed by atoms with van der Waals surface area (Å²) in [5.74, 6) is 2.41. The van der Waals surface area contributed by atoms with E-state index < -0.39 is 0 Å². The van der Waals surface area contributed by atoms with E-state index in [4.69, 9.17) is 9.97 Å². The molecule has 33 heavy (non-hydrogen) atoms. The molecule has 3 heterocycles. The standard InChI is InChI=1S/C24H29N7OS/c1-16(2)13-20(32)18-5-7-19(8-6-18)33-24-26-21(25-22-14-17(3)28-29-22)15-23(27-24)31-11-9-30(4)10-12-31/h5-8,13-15H,9-12H2,1-4H3,(H2,25,26,27,28,29). The lowest BCUT2D eigenvalue weighted by Gasteiger charge is -2.33. The second-order valence-corrected chi connectivity index (χ2v) is 9.49. The van der Waals surface area contributed by atoms with Gasteiger partial charge in [0, 0.05) is 48.8 Å². The van der Waals surface area contributed by atoms with Gasteiger partial charge >= 0.3 is 0 Å². The quantitative estimate of drug-likeness (QED) is 0.304. The van der Waals surface area contributed by atoms with Gasteiger partial charge in [-0.3, -0.25) is 9.89 Å². The van der Waals surface area contributed by atoms with Gasteiger partial charge in [0.25, 0.3) is 0 Å². The predicted octanol–water partition coefficient (Wildman–Crippen LogP) is 4.30. The molecule has 1 aliphatic rings. The third-order valence-corrected chi connectivity index (χ3v) is 6.13. The molecule has 0 bridgehead atoms. The lowest BCUT2D eigenvalue weighted by Crippen LogP contribution is -2.44. The number of benzene rings is 1. The van der Waals surface area contributed by atoms with Crippen molar-refractivity contribution in [3.05, 3.63) is 59.3 Å². The first kappa shape index (κ1) is 23.0. The second kappa shape index (κ2) is 10.2. The van der Waals surface area contributed by atoms with Crippen LogP contribution in [0.3, 0.4) is 0 Å². The first-order valence-corrected chi connectivity index (χ1v) is 11.8. The van der Waals surface area contributed by atoms with Gasteiger partial charge in [0.1, 0.15) is 17.5 Å². The number of hydrogen-bond donors (Lipinski definition) is 2. The molecule has 0 spiro atoms. The summed E-state index contributed by atoms with van der Waals surface area (Å²) >= 11 is 1.48. The van der Waals surface area contributed by atoms with Crippen molar-refractivity contribution in [3.8, 4) is 0 Å². The number of H-pyrrole nitrogens is 1. The number of aromatic nitrogens is 4. The summed E-state index contributed by atoms with van der Waals surface area (Å²) in [5, 5.41) is 11.1. The zero-order valence-corrected chi connectivity index (χ0v) is 20.2. The Bertz CT molecular complexity index is 1140. The van der Waals surface area contributed by atoms with Gasteiger partial charge < -0.3 is 15.1 Å². The zero-order valence-electron chi connectivity index (χ0n) is 19.4. The smallest absolute Gasteiger partial charge is 0.196 e. The van der Waals surface area contributed by atoms with E-state index >= 15 is 0 Å². The van der Waals surface area contributed by atoms with Crippen LogP contribution < -0.4 is 10.2 Å². The lowest BCUT2D eigenvalue weighted by molar-refractivity contribution is 0.104. The van der Waals surface area contributed by atoms with Crippen LogP contribution in [-0.2, 0) is 0 Å². The summed E-state index contributed by atoms with van der Waals surface area (Å²) < 4.78 is 0. The molecule has 172 valence electrons. The number of ketones is 1. The highest BCUT2D eigenvalue weighted by Gasteiger charge is 2.18. The number of carbonyl (C=O) groups excluding carboxylic acids is 1. The maximum Gasteiger partial charge on any atom is 0.196 e. The van der Waals surface area contributed by atoms with Crippen molar-refractivity contribution in [2.45, 2.75) is 30.8 Å². The maximum absolute atomic E-state index is 12.3. The molecule has 2 aromatic heterocycles. The van der Waals surface area contributed by atoms with Gasteiger partial charge in [-0.2, -0.15) is 5.10 Å². The van der Waals surface area contributed by atoms with E-state index in [-0.39, 0.29) is 5.78 Å². The molecule has 1 saturated heterocycles. The molecule has 0 unspecified atom stereocenters. The molecule has 8 nitrogen and oxygen atoms in total. The molecule has 0 amide bonds. The SMILES string of the molecule is CC(C)=CC(=O)c1ccc(Sc2nc(Nc3cc(C)n[nH]3)cc(N3CCN(C)CC3)n2)cc1. The van der Waals surface area contributed by atoms with Gasteiger partial charge in [0.2, 0.25) is 0 Å². The van der Waals surface area contributed by atoms with E-state index in [2.05, 4.69) is 32.4 Å². The number of aromatic amines is 1. The minimum Gasteiger partial charge on any atom is -0.354 e. The van der Waals surface area contributed by atoms with E-state index in [1.165, 1.54) is 11.8 Å². The summed E-state index contributed by atoms with van der Waals surface area (Å²) in [5.41, 5.74) is 2.56. The fourth-order valence-corrected chi connectivity index (χ4v) is 4.25. The van der Waals surface area contributed by atoms with Crippen molar-refractivity contribution < 1.29 is 4.79 Å². The molecule has 2 N–H and O–H groups in total. The van der Waals surface area contributed by atoms with E-state index in [0.717, 1.165) is 54.0 Å². The van der Waals surface area contributed by atoms with Crippen LogP contribution in [0.5, 0.6) is 0 Å². The van der Waals surface area contributed by atoms with Gasteiger partial charge in [-0.1, -0.05) is 5.57 Å². The molecule has 0 radical (unpaired) electrons. The molecule has 3 aromatic rings. The van der Waals surface area contributed by atoms with Crippen molar-refractivity contribution >= 4 is 35.0 Å². The first-order chi connectivity index (χ1) is 15.9. The van der Waals surface area contributed by atoms with E-state index in [1.807, 2.05) is 57.2 Å². The minimum atomic E-state index is 0.0150. The number of aryl methyl sites for hydroxylation is 1.